The number of aryl methyl sites for hydroxylation is 1. The fourth-order valence-corrected chi connectivity index (χ4v) is 1.89. The normalized spacial score (nSPS) is 10.2. The van der Waals surface area contributed by atoms with Crippen LogP contribution < -0.4 is 4.74 Å². The first-order valence-electron chi connectivity index (χ1n) is 6.60. The molecule has 2 rings (SSSR count). The number of nitrogens with zero attached hydrogens (tertiary/aromatic N) is 1. The van der Waals surface area contributed by atoms with Crippen LogP contribution in [0, 0.1) is 0 Å². The summed E-state index contributed by atoms with van der Waals surface area (Å²) in [6.07, 6.45) is 1.59. The second-order valence-corrected chi connectivity index (χ2v) is 4.47. The van der Waals surface area contributed by atoms with E-state index < -0.39 is 5.97 Å². The SMILES string of the molecule is CCCc1nc(C(=O)O)ccc1OCc1ccccc1. The molecule has 0 spiro atoms. The zero-order valence-electron chi connectivity index (χ0n) is 11.4. The molecule has 2 aromatic rings. The van der Waals surface area contributed by atoms with Crippen molar-refractivity contribution in [2.45, 2.75) is 26.4 Å². The summed E-state index contributed by atoms with van der Waals surface area (Å²) < 4.78 is 5.76. The van der Waals surface area contributed by atoms with E-state index >= 15 is 0 Å². The lowest BCUT2D eigenvalue weighted by Gasteiger charge is -2.11. The lowest BCUT2D eigenvalue weighted by molar-refractivity contribution is 0.0690. The smallest absolute Gasteiger partial charge is 0.354 e. The number of carbonyl (C=O) groups is 1. The number of hydrogen-bond donors (Lipinski definition) is 1. The highest BCUT2D eigenvalue weighted by Crippen LogP contribution is 2.20. The van der Waals surface area contributed by atoms with Crippen LogP contribution in [0.4, 0.5) is 0 Å². The lowest BCUT2D eigenvalue weighted by Crippen LogP contribution is -2.06. The number of carboxylic acid groups (broad SMARTS) is 1. The van der Waals surface area contributed by atoms with Crippen molar-refractivity contribution < 1.29 is 14.6 Å². The van der Waals surface area contributed by atoms with Gasteiger partial charge < -0.3 is 9.84 Å². The molecule has 0 aliphatic carbocycles. The Morgan fingerprint density at radius 1 is 1.20 bits per heavy atom. The van der Waals surface area contributed by atoms with Gasteiger partial charge in [0.1, 0.15) is 18.1 Å². The molecule has 1 heterocycles. The third-order valence-electron chi connectivity index (χ3n) is 2.88. The molecule has 0 aliphatic heterocycles. The minimum absolute atomic E-state index is 0.0560. The predicted molar refractivity (Wildman–Crippen MR) is 76.0 cm³/mol. The molecular formula is C16H17NO3. The average molecular weight is 271 g/mol. The number of benzene rings is 1. The third kappa shape index (κ3) is 3.57. The maximum Gasteiger partial charge on any atom is 0.354 e. The summed E-state index contributed by atoms with van der Waals surface area (Å²) in [5.74, 6) is -0.363. The van der Waals surface area contributed by atoms with Gasteiger partial charge in [-0.15, -0.1) is 0 Å². The van der Waals surface area contributed by atoms with E-state index in [1.807, 2.05) is 37.3 Å². The van der Waals surface area contributed by atoms with Crippen LogP contribution in [0.15, 0.2) is 42.5 Å². The van der Waals surface area contributed by atoms with Crippen molar-refractivity contribution >= 4 is 5.97 Å². The third-order valence-corrected chi connectivity index (χ3v) is 2.88. The molecule has 0 atom stereocenters. The van der Waals surface area contributed by atoms with Crippen molar-refractivity contribution in [3.63, 3.8) is 0 Å². The number of hydrogen-bond acceptors (Lipinski definition) is 3. The van der Waals surface area contributed by atoms with Crippen LogP contribution in [0.2, 0.25) is 0 Å². The molecule has 0 saturated carbocycles. The molecule has 1 N–H and O–H groups in total. The van der Waals surface area contributed by atoms with Crippen LogP contribution in [0.25, 0.3) is 0 Å². The molecule has 0 aliphatic rings. The highest BCUT2D eigenvalue weighted by atomic mass is 16.5. The van der Waals surface area contributed by atoms with E-state index in [2.05, 4.69) is 4.98 Å². The topological polar surface area (TPSA) is 59.4 Å². The summed E-state index contributed by atoms with van der Waals surface area (Å²) in [5, 5.41) is 8.97. The van der Waals surface area contributed by atoms with Crippen LogP contribution in [0.1, 0.15) is 35.1 Å². The molecular weight excluding hydrogens is 254 g/mol. The Kier molecular flexibility index (Phi) is 4.71. The first kappa shape index (κ1) is 14.1. The van der Waals surface area contributed by atoms with Gasteiger partial charge in [0.25, 0.3) is 0 Å². The van der Waals surface area contributed by atoms with E-state index in [-0.39, 0.29) is 5.69 Å². The quantitative estimate of drug-likeness (QED) is 0.875. The van der Waals surface area contributed by atoms with Gasteiger partial charge in [-0.05, 0) is 24.1 Å². The minimum atomic E-state index is -1.02. The maximum atomic E-state index is 10.9. The zero-order valence-corrected chi connectivity index (χ0v) is 11.4. The zero-order chi connectivity index (χ0) is 14.4. The number of aromatic carboxylic acids is 1. The molecule has 1 aromatic carbocycles. The fraction of sp³-hybridized carbons (Fsp3) is 0.250. The van der Waals surface area contributed by atoms with Crippen LogP contribution in [-0.4, -0.2) is 16.1 Å². The Hall–Kier alpha value is -2.36. The first-order chi connectivity index (χ1) is 9.70. The van der Waals surface area contributed by atoms with Gasteiger partial charge in [0.2, 0.25) is 0 Å². The predicted octanol–water partition coefficient (Wildman–Crippen LogP) is 3.31. The van der Waals surface area contributed by atoms with E-state index in [1.165, 1.54) is 6.07 Å². The Morgan fingerprint density at radius 2 is 1.95 bits per heavy atom. The van der Waals surface area contributed by atoms with Gasteiger partial charge in [-0.3, -0.25) is 0 Å². The Morgan fingerprint density at radius 3 is 2.60 bits per heavy atom. The molecule has 1 aromatic heterocycles. The van der Waals surface area contributed by atoms with Gasteiger partial charge in [0.15, 0.2) is 0 Å². The van der Waals surface area contributed by atoms with E-state index in [4.69, 9.17) is 9.84 Å². The maximum absolute atomic E-state index is 10.9. The van der Waals surface area contributed by atoms with Crippen molar-refractivity contribution in [3.8, 4) is 5.75 Å². The van der Waals surface area contributed by atoms with Crippen molar-refractivity contribution in [3.05, 3.63) is 59.4 Å². The molecule has 0 unspecified atom stereocenters. The highest BCUT2D eigenvalue weighted by Gasteiger charge is 2.11. The summed E-state index contributed by atoms with van der Waals surface area (Å²) in [6, 6.07) is 13.0. The molecule has 0 saturated heterocycles. The molecule has 0 bridgehead atoms. The molecule has 20 heavy (non-hydrogen) atoms. The minimum Gasteiger partial charge on any atom is -0.487 e. The Labute approximate surface area is 118 Å². The van der Waals surface area contributed by atoms with Gasteiger partial charge >= 0.3 is 5.97 Å². The number of carboxylic acids is 1. The number of pyridine rings is 1. The van der Waals surface area contributed by atoms with E-state index in [0.717, 1.165) is 12.0 Å². The molecule has 0 fully saturated rings. The van der Waals surface area contributed by atoms with Gasteiger partial charge in [0, 0.05) is 0 Å². The number of aromatic nitrogens is 1. The van der Waals surface area contributed by atoms with Gasteiger partial charge in [-0.1, -0.05) is 43.7 Å². The number of rotatable bonds is 6. The Bertz CT molecular complexity index is 582. The van der Waals surface area contributed by atoms with Gasteiger partial charge in [0.05, 0.1) is 5.69 Å². The highest BCUT2D eigenvalue weighted by molar-refractivity contribution is 5.85. The van der Waals surface area contributed by atoms with Crippen molar-refractivity contribution in [1.82, 2.24) is 4.98 Å². The van der Waals surface area contributed by atoms with E-state index in [1.54, 1.807) is 6.07 Å². The summed E-state index contributed by atoms with van der Waals surface area (Å²) in [4.78, 5) is 15.1. The molecule has 0 amide bonds. The summed E-state index contributed by atoms with van der Waals surface area (Å²) >= 11 is 0. The summed E-state index contributed by atoms with van der Waals surface area (Å²) in [5.41, 5.74) is 1.82. The molecule has 4 nitrogen and oxygen atoms in total. The van der Waals surface area contributed by atoms with Crippen LogP contribution in [0.5, 0.6) is 5.75 Å². The second-order valence-electron chi connectivity index (χ2n) is 4.47. The Balaban J connectivity index is 2.16. The largest absolute Gasteiger partial charge is 0.487 e. The number of ether oxygens (including phenoxy) is 1. The standard InChI is InChI=1S/C16H17NO3/c1-2-6-13-15(10-9-14(17-13)16(18)19)20-11-12-7-4-3-5-8-12/h3-5,7-10H,2,6,11H2,1H3,(H,18,19). The van der Waals surface area contributed by atoms with E-state index in [9.17, 15) is 4.79 Å². The molecule has 4 heteroatoms. The average Bonchev–Trinajstić information content (AvgIpc) is 2.47. The summed E-state index contributed by atoms with van der Waals surface area (Å²) in [6.45, 7) is 2.47. The van der Waals surface area contributed by atoms with Gasteiger partial charge in [-0.2, -0.15) is 0 Å². The van der Waals surface area contributed by atoms with Crippen LogP contribution >= 0.6 is 0 Å². The van der Waals surface area contributed by atoms with Crippen LogP contribution in [-0.2, 0) is 13.0 Å². The first-order valence-corrected chi connectivity index (χ1v) is 6.60. The lowest BCUT2D eigenvalue weighted by atomic mass is 10.2. The second kappa shape index (κ2) is 6.70. The summed E-state index contributed by atoms with van der Waals surface area (Å²) in [7, 11) is 0. The van der Waals surface area contributed by atoms with Gasteiger partial charge in [-0.25, -0.2) is 9.78 Å². The van der Waals surface area contributed by atoms with E-state index in [0.29, 0.717) is 24.5 Å². The fourth-order valence-electron chi connectivity index (χ4n) is 1.89. The molecule has 0 radical (unpaired) electrons. The van der Waals surface area contributed by atoms with Crippen molar-refractivity contribution in [2.75, 3.05) is 0 Å². The monoisotopic (exact) mass is 271 g/mol. The molecule has 104 valence electrons. The van der Waals surface area contributed by atoms with Crippen molar-refractivity contribution in [2.24, 2.45) is 0 Å². The van der Waals surface area contributed by atoms with Crippen LogP contribution in [0.3, 0.4) is 0 Å². The van der Waals surface area contributed by atoms with Crippen molar-refractivity contribution in [1.29, 1.82) is 0 Å².